The first-order valence-corrected chi connectivity index (χ1v) is 8.82. The van der Waals surface area contributed by atoms with Crippen LogP contribution in [0.25, 0.3) is 0 Å². The molecule has 10 heteroatoms. The van der Waals surface area contributed by atoms with E-state index in [-0.39, 0.29) is 13.2 Å². The Bertz CT molecular complexity index is 614. The second kappa shape index (κ2) is 6.16. The van der Waals surface area contributed by atoms with Gasteiger partial charge in [0.15, 0.2) is 0 Å². The van der Waals surface area contributed by atoms with E-state index in [0.717, 1.165) is 51.5 Å². The molecule has 26 heavy (non-hydrogen) atoms. The highest BCUT2D eigenvalue weighted by Gasteiger charge is 2.52. The van der Waals surface area contributed by atoms with Crippen molar-refractivity contribution in [3.05, 3.63) is 11.8 Å². The first-order chi connectivity index (χ1) is 12.2. The average Bonchev–Trinajstić information content (AvgIpc) is 2.48. The molecule has 0 aliphatic carbocycles. The third-order valence-electron chi connectivity index (χ3n) is 5.58. The molecular weight excluding hydrogens is 349 g/mol. The van der Waals surface area contributed by atoms with Gasteiger partial charge in [-0.1, -0.05) is 0 Å². The van der Waals surface area contributed by atoms with Crippen LogP contribution in [0.3, 0.4) is 0 Å². The van der Waals surface area contributed by atoms with Gasteiger partial charge < -0.3 is 16.2 Å². The van der Waals surface area contributed by atoms with Gasteiger partial charge in [-0.05, 0) is 5.57 Å². The van der Waals surface area contributed by atoms with Crippen LogP contribution in [0.15, 0.2) is 16.8 Å². The molecule has 7 nitrogen and oxygen atoms in total. The number of nitrogens with one attached hydrogen (secondary N) is 1. The van der Waals surface area contributed by atoms with Gasteiger partial charge in [0.1, 0.15) is 0 Å². The van der Waals surface area contributed by atoms with Gasteiger partial charge in [0.2, 0.25) is 5.84 Å². The number of aliphatic imine (C=N–C) groups is 1. The number of hydrogen-bond donors (Lipinski definition) is 3. The first-order valence-electron chi connectivity index (χ1n) is 8.82. The minimum absolute atomic E-state index is 0.0294. The molecule has 4 rings (SSSR count). The second-order valence-electron chi connectivity index (χ2n) is 8.39. The number of nitrogens with two attached hydrogens (primary N) is 1. The van der Waals surface area contributed by atoms with E-state index in [1.165, 1.54) is 6.20 Å². The van der Waals surface area contributed by atoms with Crippen molar-refractivity contribution in [2.24, 2.45) is 16.1 Å². The molecule has 0 aromatic heterocycles. The Hall–Kier alpha value is -1.20. The molecule has 4 N–H and O–H groups in total. The zero-order valence-electron chi connectivity index (χ0n) is 14.6. The van der Waals surface area contributed by atoms with Gasteiger partial charge in [0.25, 0.3) is 0 Å². The molecule has 0 aromatic carbocycles. The maximum atomic E-state index is 12.5. The summed E-state index contributed by atoms with van der Waals surface area (Å²) in [6.07, 6.45) is -2.96. The van der Waals surface area contributed by atoms with Crippen molar-refractivity contribution in [2.75, 3.05) is 65.6 Å². The molecule has 0 aromatic rings. The summed E-state index contributed by atoms with van der Waals surface area (Å²) in [5, 5.41) is 11.4. The fraction of sp³-hybridized carbons (Fsp3) is 0.812. The summed E-state index contributed by atoms with van der Waals surface area (Å²) < 4.78 is 37.6. The molecule has 4 aliphatic rings. The Morgan fingerprint density at radius 3 is 2.27 bits per heavy atom. The van der Waals surface area contributed by atoms with Crippen LogP contribution in [-0.4, -0.2) is 103 Å². The van der Waals surface area contributed by atoms with Gasteiger partial charge in [0, 0.05) is 57.4 Å². The highest BCUT2D eigenvalue weighted by molar-refractivity contribution is 5.89. The average molecular weight is 374 g/mol. The van der Waals surface area contributed by atoms with Crippen LogP contribution in [0, 0.1) is 5.41 Å². The topological polar surface area (TPSA) is 80.4 Å². The van der Waals surface area contributed by atoms with Crippen molar-refractivity contribution in [1.29, 1.82) is 0 Å². The largest absolute Gasteiger partial charge is 0.449 e. The Kier molecular flexibility index (Phi) is 4.31. The predicted molar refractivity (Wildman–Crippen MR) is 90.5 cm³/mol. The minimum atomic E-state index is -4.41. The molecule has 3 saturated heterocycles. The van der Waals surface area contributed by atoms with Gasteiger partial charge >= 0.3 is 6.18 Å². The quantitative estimate of drug-likeness (QED) is 0.574. The lowest BCUT2D eigenvalue weighted by Gasteiger charge is -2.62. The molecule has 0 radical (unpaired) electrons. The molecule has 1 spiro atoms. The van der Waals surface area contributed by atoms with Crippen molar-refractivity contribution in [3.63, 3.8) is 0 Å². The summed E-state index contributed by atoms with van der Waals surface area (Å²) in [5.41, 5.74) is 6.75. The molecule has 146 valence electrons. The summed E-state index contributed by atoms with van der Waals surface area (Å²) in [4.78, 5) is 10.5. The van der Waals surface area contributed by atoms with Gasteiger partial charge in [-0.25, -0.2) is 0 Å². The second-order valence-corrected chi connectivity index (χ2v) is 8.39. The number of halogens is 3. The molecule has 4 aliphatic heterocycles. The number of hydrogen-bond acceptors (Lipinski definition) is 7. The molecule has 4 heterocycles. The van der Waals surface area contributed by atoms with Crippen molar-refractivity contribution >= 4 is 5.84 Å². The standard InChI is InChI=1S/C16H25F3N6O/c17-16(18,19)13-21-1-12(2-22-13)3-23-4-14(5-23)6-24(7-14)11-25-8-15(20,9-25)10-26/h1,26H,2-11,20H2,(H,21,22). The minimum Gasteiger partial charge on any atom is -0.394 e. The Morgan fingerprint density at radius 2 is 1.73 bits per heavy atom. The van der Waals surface area contributed by atoms with E-state index >= 15 is 0 Å². The van der Waals surface area contributed by atoms with E-state index in [0.29, 0.717) is 12.0 Å². The number of aliphatic hydroxyl groups excluding tert-OH is 1. The maximum Gasteiger partial charge on any atom is 0.449 e. The molecule has 0 bridgehead atoms. The van der Waals surface area contributed by atoms with Crippen LogP contribution in [0.5, 0.6) is 0 Å². The zero-order chi connectivity index (χ0) is 18.6. The normalized spacial score (nSPS) is 28.5. The summed E-state index contributed by atoms with van der Waals surface area (Å²) in [7, 11) is 0. The van der Waals surface area contributed by atoms with Crippen LogP contribution in [-0.2, 0) is 0 Å². The van der Waals surface area contributed by atoms with Crippen LogP contribution in [0.4, 0.5) is 13.2 Å². The molecule has 0 atom stereocenters. The fourth-order valence-electron chi connectivity index (χ4n) is 4.54. The maximum absolute atomic E-state index is 12.5. The molecule has 0 unspecified atom stereocenters. The number of rotatable bonds is 5. The number of likely N-dealkylation sites (tertiary alicyclic amines) is 3. The van der Waals surface area contributed by atoms with Gasteiger partial charge in [-0.3, -0.25) is 19.7 Å². The monoisotopic (exact) mass is 374 g/mol. The van der Waals surface area contributed by atoms with Crippen molar-refractivity contribution in [2.45, 2.75) is 11.7 Å². The molecular formula is C16H25F3N6O. The lowest BCUT2D eigenvalue weighted by atomic mass is 9.73. The van der Waals surface area contributed by atoms with E-state index in [2.05, 4.69) is 25.0 Å². The van der Waals surface area contributed by atoms with E-state index in [4.69, 9.17) is 5.73 Å². The van der Waals surface area contributed by atoms with E-state index in [9.17, 15) is 18.3 Å². The Morgan fingerprint density at radius 1 is 1.12 bits per heavy atom. The van der Waals surface area contributed by atoms with Crippen LogP contribution < -0.4 is 11.1 Å². The smallest absolute Gasteiger partial charge is 0.394 e. The van der Waals surface area contributed by atoms with E-state index < -0.39 is 17.6 Å². The molecule has 3 fully saturated rings. The number of amidine groups is 1. The first kappa shape index (κ1) is 18.2. The lowest BCUT2D eigenvalue weighted by molar-refractivity contribution is -0.139. The van der Waals surface area contributed by atoms with Crippen molar-refractivity contribution in [1.82, 2.24) is 20.0 Å². The van der Waals surface area contributed by atoms with E-state index in [1.807, 2.05) is 0 Å². The van der Waals surface area contributed by atoms with Gasteiger partial charge in [0.05, 0.1) is 25.4 Å². The van der Waals surface area contributed by atoms with Crippen molar-refractivity contribution in [3.8, 4) is 0 Å². The lowest BCUT2D eigenvalue weighted by Crippen LogP contribution is -2.76. The van der Waals surface area contributed by atoms with Crippen molar-refractivity contribution < 1.29 is 18.3 Å². The molecule has 0 amide bonds. The highest BCUT2D eigenvalue weighted by atomic mass is 19.4. The van der Waals surface area contributed by atoms with Gasteiger partial charge in [-0.2, -0.15) is 13.2 Å². The number of nitrogens with zero attached hydrogens (tertiary/aromatic N) is 4. The summed E-state index contributed by atoms with van der Waals surface area (Å²) in [6, 6.07) is 0. The Labute approximate surface area is 150 Å². The van der Waals surface area contributed by atoms with Gasteiger partial charge in [-0.15, -0.1) is 0 Å². The fourth-order valence-corrected chi connectivity index (χ4v) is 4.54. The van der Waals surface area contributed by atoms with E-state index in [1.54, 1.807) is 0 Å². The third-order valence-corrected chi connectivity index (χ3v) is 5.58. The summed E-state index contributed by atoms with van der Waals surface area (Å²) >= 11 is 0. The third kappa shape index (κ3) is 3.48. The molecule has 0 saturated carbocycles. The van der Waals surface area contributed by atoms with Crippen LogP contribution in [0.2, 0.25) is 0 Å². The number of alkyl halides is 3. The van der Waals surface area contributed by atoms with Crippen LogP contribution in [0.1, 0.15) is 0 Å². The highest BCUT2D eigenvalue weighted by Crippen LogP contribution is 2.40. The summed E-state index contributed by atoms with van der Waals surface area (Å²) in [5.74, 6) is -0.912. The predicted octanol–water partition coefficient (Wildman–Crippen LogP) is -0.985. The number of aliphatic hydroxyl groups is 1. The zero-order valence-corrected chi connectivity index (χ0v) is 14.6. The van der Waals surface area contributed by atoms with Crippen LogP contribution >= 0.6 is 0 Å². The Balaban J connectivity index is 1.14. The SMILES string of the molecule is NC1(CO)CN(CN2CC3(CN(CC4=CNC(C(F)(F)F)=NC4)C3)C2)C1. The summed E-state index contributed by atoms with van der Waals surface area (Å²) in [6.45, 7) is 7.23.